The lowest BCUT2D eigenvalue weighted by Crippen LogP contribution is -2.31. The van der Waals surface area contributed by atoms with Crippen LogP contribution >= 0.6 is 0 Å². The second-order valence-corrected chi connectivity index (χ2v) is 8.13. The minimum atomic E-state index is -0.467. The molecule has 2 aromatic rings. The highest BCUT2D eigenvalue weighted by molar-refractivity contribution is 5.97. The molecule has 0 fully saturated rings. The Labute approximate surface area is 183 Å². The van der Waals surface area contributed by atoms with Crippen LogP contribution in [0.1, 0.15) is 43.9 Å². The van der Waals surface area contributed by atoms with E-state index in [4.69, 9.17) is 9.47 Å². The van der Waals surface area contributed by atoms with Crippen molar-refractivity contribution < 1.29 is 19.1 Å². The molecule has 0 aliphatic heterocycles. The lowest BCUT2D eigenvalue weighted by molar-refractivity contribution is -0.129. The van der Waals surface area contributed by atoms with E-state index in [1.54, 1.807) is 20.4 Å². The highest BCUT2D eigenvalue weighted by Crippen LogP contribution is 2.27. The van der Waals surface area contributed by atoms with E-state index < -0.39 is 5.91 Å². The minimum Gasteiger partial charge on any atom is -0.493 e. The minimum absolute atomic E-state index is 0.0801. The van der Waals surface area contributed by atoms with E-state index in [-0.39, 0.29) is 17.7 Å². The molecule has 0 unspecified atom stereocenters. The van der Waals surface area contributed by atoms with Crippen molar-refractivity contribution in [3.05, 3.63) is 59.2 Å². The van der Waals surface area contributed by atoms with Gasteiger partial charge in [-0.15, -0.1) is 0 Å². The molecule has 0 heterocycles. The fraction of sp³-hybridized carbons (Fsp3) is 0.375. The van der Waals surface area contributed by atoms with Gasteiger partial charge in [-0.1, -0.05) is 51.1 Å². The monoisotopic (exact) mass is 425 g/mol. The predicted octanol–water partition coefficient (Wildman–Crippen LogP) is 3.20. The van der Waals surface area contributed by atoms with Crippen LogP contribution in [0.25, 0.3) is 0 Å². The Morgan fingerprint density at radius 1 is 0.968 bits per heavy atom. The van der Waals surface area contributed by atoms with Gasteiger partial charge in [0.15, 0.2) is 11.5 Å². The number of amides is 2. The summed E-state index contributed by atoms with van der Waals surface area (Å²) in [5.41, 5.74) is 5.54. The first-order valence-corrected chi connectivity index (χ1v) is 10.1. The van der Waals surface area contributed by atoms with Crippen molar-refractivity contribution in [2.45, 2.75) is 39.0 Å². The van der Waals surface area contributed by atoms with Crippen LogP contribution < -0.4 is 20.2 Å². The molecular weight excluding hydrogens is 394 g/mol. The van der Waals surface area contributed by atoms with Crippen molar-refractivity contribution in [1.29, 1.82) is 0 Å². The van der Waals surface area contributed by atoms with Gasteiger partial charge in [-0.25, -0.2) is 5.43 Å². The fourth-order valence-electron chi connectivity index (χ4n) is 2.88. The summed E-state index contributed by atoms with van der Waals surface area (Å²) < 4.78 is 10.5. The van der Waals surface area contributed by atoms with Crippen LogP contribution in [0.4, 0.5) is 0 Å². The molecule has 2 amide bonds. The number of rotatable bonds is 9. The first-order valence-electron chi connectivity index (χ1n) is 10.1. The molecule has 0 radical (unpaired) electrons. The maximum absolute atomic E-state index is 12.0. The zero-order valence-corrected chi connectivity index (χ0v) is 18.8. The van der Waals surface area contributed by atoms with Crippen LogP contribution in [0.15, 0.2) is 47.6 Å². The molecule has 166 valence electrons. The third kappa shape index (κ3) is 7.77. The lowest BCUT2D eigenvalue weighted by Gasteiger charge is -2.18. The Morgan fingerprint density at radius 2 is 1.65 bits per heavy atom. The first kappa shape index (κ1) is 23.9. The number of benzene rings is 2. The van der Waals surface area contributed by atoms with Gasteiger partial charge in [0.05, 0.1) is 20.4 Å². The number of hydrogen-bond donors (Lipinski definition) is 2. The van der Waals surface area contributed by atoms with Crippen LogP contribution in [-0.2, 0) is 21.4 Å². The fourth-order valence-corrected chi connectivity index (χ4v) is 2.88. The maximum atomic E-state index is 12.0. The van der Waals surface area contributed by atoms with E-state index >= 15 is 0 Å². The molecule has 7 nitrogen and oxygen atoms in total. The Balaban J connectivity index is 1.73. The molecule has 2 aromatic carbocycles. The molecule has 2 rings (SSSR count). The summed E-state index contributed by atoms with van der Waals surface area (Å²) in [5.74, 6) is 0.461. The van der Waals surface area contributed by atoms with Crippen molar-refractivity contribution in [2.75, 3.05) is 20.8 Å². The van der Waals surface area contributed by atoms with Crippen molar-refractivity contribution in [3.8, 4) is 11.5 Å². The molecular formula is C24H31N3O4. The third-order valence-corrected chi connectivity index (χ3v) is 4.68. The van der Waals surface area contributed by atoms with E-state index in [2.05, 4.69) is 36.6 Å². The van der Waals surface area contributed by atoms with E-state index in [0.717, 1.165) is 11.1 Å². The molecule has 0 atom stereocenters. The number of methoxy groups -OCH3 is 2. The Hall–Kier alpha value is -3.35. The van der Waals surface area contributed by atoms with Gasteiger partial charge in [-0.3, -0.25) is 9.59 Å². The zero-order chi connectivity index (χ0) is 22.9. The Bertz CT molecular complexity index is 915. The van der Waals surface area contributed by atoms with Gasteiger partial charge in [-0.2, -0.15) is 5.10 Å². The smallest absolute Gasteiger partial charge is 0.249 e. The second kappa shape index (κ2) is 11.2. The van der Waals surface area contributed by atoms with Crippen LogP contribution in [0, 0.1) is 0 Å². The lowest BCUT2D eigenvalue weighted by atomic mass is 9.87. The van der Waals surface area contributed by atoms with Crippen LogP contribution in [-0.4, -0.2) is 38.8 Å². The predicted molar refractivity (Wildman–Crippen MR) is 122 cm³/mol. The van der Waals surface area contributed by atoms with E-state index in [0.29, 0.717) is 24.5 Å². The number of ether oxygens (including phenoxy) is 2. The van der Waals surface area contributed by atoms with Gasteiger partial charge in [0.2, 0.25) is 11.8 Å². The average Bonchev–Trinajstić information content (AvgIpc) is 2.73. The molecule has 0 saturated carbocycles. The SMILES string of the molecule is COc1ccc(CCNC(=O)CC(=O)N/N=C\c2ccc(C(C)(C)C)cc2)cc1OC. The summed E-state index contributed by atoms with van der Waals surface area (Å²) in [4.78, 5) is 23.9. The summed E-state index contributed by atoms with van der Waals surface area (Å²) in [5, 5.41) is 6.65. The van der Waals surface area contributed by atoms with Gasteiger partial charge in [-0.05, 0) is 40.7 Å². The largest absolute Gasteiger partial charge is 0.493 e. The number of carbonyl (C=O) groups excluding carboxylic acids is 2. The van der Waals surface area contributed by atoms with Gasteiger partial charge in [0.25, 0.3) is 0 Å². The van der Waals surface area contributed by atoms with Gasteiger partial charge in [0.1, 0.15) is 6.42 Å². The normalized spacial score (nSPS) is 11.3. The molecule has 0 aromatic heterocycles. The molecule has 0 aliphatic carbocycles. The van der Waals surface area contributed by atoms with E-state index in [1.165, 1.54) is 5.56 Å². The number of nitrogens with zero attached hydrogens (tertiary/aromatic N) is 1. The standard InChI is InChI=1S/C24H31N3O4/c1-24(2,3)19-9-6-18(7-10-19)16-26-27-23(29)15-22(28)25-13-12-17-8-11-20(30-4)21(14-17)31-5/h6-11,14,16H,12-13,15H2,1-5H3,(H,25,28)(H,27,29)/b26-16-. The number of hydrazone groups is 1. The quantitative estimate of drug-likeness (QED) is 0.367. The van der Waals surface area contributed by atoms with Crippen molar-refractivity contribution >= 4 is 18.0 Å². The molecule has 0 aliphatic rings. The van der Waals surface area contributed by atoms with Gasteiger partial charge >= 0.3 is 0 Å². The van der Waals surface area contributed by atoms with Crippen LogP contribution in [0.2, 0.25) is 0 Å². The molecule has 31 heavy (non-hydrogen) atoms. The molecule has 0 saturated heterocycles. The number of nitrogens with one attached hydrogen (secondary N) is 2. The summed E-state index contributed by atoms with van der Waals surface area (Å²) in [6.45, 7) is 6.85. The zero-order valence-electron chi connectivity index (χ0n) is 18.8. The topological polar surface area (TPSA) is 89.0 Å². The number of carbonyl (C=O) groups is 2. The number of hydrogen-bond acceptors (Lipinski definition) is 5. The summed E-state index contributed by atoms with van der Waals surface area (Å²) in [6.07, 6.45) is 1.88. The summed E-state index contributed by atoms with van der Waals surface area (Å²) >= 11 is 0. The molecule has 7 heteroatoms. The highest BCUT2D eigenvalue weighted by atomic mass is 16.5. The van der Waals surface area contributed by atoms with Gasteiger partial charge in [0, 0.05) is 6.54 Å². The first-order chi connectivity index (χ1) is 14.7. The third-order valence-electron chi connectivity index (χ3n) is 4.68. The summed E-state index contributed by atoms with van der Waals surface area (Å²) in [6, 6.07) is 13.5. The van der Waals surface area contributed by atoms with Crippen molar-refractivity contribution in [2.24, 2.45) is 5.10 Å². The molecule has 0 spiro atoms. The van der Waals surface area contributed by atoms with Crippen LogP contribution in [0.3, 0.4) is 0 Å². The average molecular weight is 426 g/mol. The van der Waals surface area contributed by atoms with Crippen LogP contribution in [0.5, 0.6) is 11.5 Å². The second-order valence-electron chi connectivity index (χ2n) is 8.13. The Kier molecular flexibility index (Phi) is 8.61. The molecule has 2 N–H and O–H groups in total. The van der Waals surface area contributed by atoms with E-state index in [1.807, 2.05) is 42.5 Å². The molecule has 0 bridgehead atoms. The van der Waals surface area contributed by atoms with Crippen molar-refractivity contribution in [3.63, 3.8) is 0 Å². The highest BCUT2D eigenvalue weighted by Gasteiger charge is 2.12. The Morgan fingerprint density at radius 3 is 2.26 bits per heavy atom. The van der Waals surface area contributed by atoms with Crippen molar-refractivity contribution in [1.82, 2.24) is 10.7 Å². The maximum Gasteiger partial charge on any atom is 0.249 e. The van der Waals surface area contributed by atoms with E-state index in [9.17, 15) is 9.59 Å². The van der Waals surface area contributed by atoms with Gasteiger partial charge < -0.3 is 14.8 Å². The summed E-state index contributed by atoms with van der Waals surface area (Å²) in [7, 11) is 3.15.